The standard InChI is InChI=1S/C13H26N2O/c1-11-9-14-7-8-15(11)10-12-3-5-13(16-2)6-4-12/h11-14H,3-10H2,1-2H3. The van der Waals surface area contributed by atoms with Crippen molar-refractivity contribution in [2.24, 2.45) is 5.92 Å². The number of piperazine rings is 1. The predicted molar refractivity (Wildman–Crippen MR) is 66.7 cm³/mol. The third-order valence-corrected chi connectivity index (χ3v) is 4.26. The van der Waals surface area contributed by atoms with Crippen molar-refractivity contribution in [2.75, 3.05) is 33.3 Å². The molecule has 1 unspecified atom stereocenters. The van der Waals surface area contributed by atoms with Gasteiger partial charge in [-0.2, -0.15) is 0 Å². The van der Waals surface area contributed by atoms with Crippen molar-refractivity contribution in [1.29, 1.82) is 0 Å². The molecule has 0 spiro atoms. The Morgan fingerprint density at radius 1 is 1.25 bits per heavy atom. The lowest BCUT2D eigenvalue weighted by Crippen LogP contribution is -2.51. The van der Waals surface area contributed by atoms with Crippen molar-refractivity contribution in [3.63, 3.8) is 0 Å². The molecule has 3 heteroatoms. The first kappa shape index (κ1) is 12.3. The van der Waals surface area contributed by atoms with E-state index >= 15 is 0 Å². The third kappa shape index (κ3) is 3.19. The molecule has 2 fully saturated rings. The smallest absolute Gasteiger partial charge is 0.0571 e. The van der Waals surface area contributed by atoms with Crippen LogP contribution in [0.5, 0.6) is 0 Å². The Kier molecular flexibility index (Phi) is 4.62. The van der Waals surface area contributed by atoms with Gasteiger partial charge in [-0.3, -0.25) is 4.90 Å². The van der Waals surface area contributed by atoms with Crippen LogP contribution in [0.4, 0.5) is 0 Å². The summed E-state index contributed by atoms with van der Waals surface area (Å²) in [5, 5.41) is 3.46. The summed E-state index contributed by atoms with van der Waals surface area (Å²) in [5.41, 5.74) is 0. The Hall–Kier alpha value is -0.120. The van der Waals surface area contributed by atoms with Crippen molar-refractivity contribution >= 4 is 0 Å². The lowest BCUT2D eigenvalue weighted by Gasteiger charge is -2.38. The zero-order valence-electron chi connectivity index (χ0n) is 10.7. The molecule has 1 saturated carbocycles. The van der Waals surface area contributed by atoms with Crippen LogP contribution in [0, 0.1) is 5.92 Å². The van der Waals surface area contributed by atoms with Crippen molar-refractivity contribution in [1.82, 2.24) is 10.2 Å². The zero-order chi connectivity index (χ0) is 11.4. The van der Waals surface area contributed by atoms with Crippen LogP contribution in [0.3, 0.4) is 0 Å². The van der Waals surface area contributed by atoms with E-state index in [1.807, 2.05) is 7.11 Å². The second-order valence-corrected chi connectivity index (χ2v) is 5.43. The first-order valence-electron chi connectivity index (χ1n) is 6.77. The Bertz CT molecular complexity index is 202. The molecule has 0 aromatic rings. The zero-order valence-corrected chi connectivity index (χ0v) is 10.7. The SMILES string of the molecule is COC1CCC(CN2CCNCC2C)CC1. The van der Waals surface area contributed by atoms with E-state index in [1.165, 1.54) is 38.8 Å². The summed E-state index contributed by atoms with van der Waals surface area (Å²) in [5.74, 6) is 0.909. The van der Waals surface area contributed by atoms with Gasteiger partial charge in [-0.25, -0.2) is 0 Å². The Morgan fingerprint density at radius 3 is 2.62 bits per heavy atom. The minimum absolute atomic E-state index is 0.539. The largest absolute Gasteiger partial charge is 0.381 e. The summed E-state index contributed by atoms with van der Waals surface area (Å²) in [6, 6.07) is 0.717. The van der Waals surface area contributed by atoms with Crippen LogP contribution in [-0.2, 0) is 4.74 Å². The van der Waals surface area contributed by atoms with Crippen LogP contribution in [-0.4, -0.2) is 50.3 Å². The molecule has 0 amide bonds. The fourth-order valence-electron chi connectivity index (χ4n) is 3.04. The monoisotopic (exact) mass is 226 g/mol. The van der Waals surface area contributed by atoms with Crippen LogP contribution in [0.1, 0.15) is 32.6 Å². The van der Waals surface area contributed by atoms with Gasteiger partial charge < -0.3 is 10.1 Å². The summed E-state index contributed by atoms with van der Waals surface area (Å²) < 4.78 is 5.43. The molecule has 16 heavy (non-hydrogen) atoms. The van der Waals surface area contributed by atoms with E-state index in [2.05, 4.69) is 17.1 Å². The van der Waals surface area contributed by atoms with E-state index in [-0.39, 0.29) is 0 Å². The molecule has 1 atom stereocenters. The summed E-state index contributed by atoms with van der Waals surface area (Å²) in [6.45, 7) is 7.20. The van der Waals surface area contributed by atoms with Gasteiger partial charge in [0.2, 0.25) is 0 Å². The third-order valence-electron chi connectivity index (χ3n) is 4.26. The van der Waals surface area contributed by atoms with Gasteiger partial charge in [0.15, 0.2) is 0 Å². The molecule has 1 aliphatic carbocycles. The van der Waals surface area contributed by atoms with Crippen molar-refractivity contribution in [3.8, 4) is 0 Å². The minimum Gasteiger partial charge on any atom is -0.381 e. The molecule has 2 rings (SSSR count). The quantitative estimate of drug-likeness (QED) is 0.789. The Balaban J connectivity index is 1.73. The maximum absolute atomic E-state index is 5.43. The Labute approximate surface area is 99.5 Å². The highest BCUT2D eigenvalue weighted by Crippen LogP contribution is 2.27. The second-order valence-electron chi connectivity index (χ2n) is 5.43. The topological polar surface area (TPSA) is 24.5 Å². The fraction of sp³-hybridized carbons (Fsp3) is 1.00. The molecule has 1 heterocycles. The lowest BCUT2D eigenvalue weighted by atomic mass is 9.86. The maximum atomic E-state index is 5.43. The van der Waals surface area contributed by atoms with Crippen LogP contribution >= 0.6 is 0 Å². The van der Waals surface area contributed by atoms with E-state index in [9.17, 15) is 0 Å². The van der Waals surface area contributed by atoms with Crippen LogP contribution in [0.2, 0.25) is 0 Å². The molecule has 2 aliphatic rings. The maximum Gasteiger partial charge on any atom is 0.0571 e. The number of rotatable bonds is 3. The molecular formula is C13H26N2O. The van der Waals surface area contributed by atoms with Gasteiger partial charge in [0.25, 0.3) is 0 Å². The van der Waals surface area contributed by atoms with E-state index < -0.39 is 0 Å². The van der Waals surface area contributed by atoms with Crippen LogP contribution < -0.4 is 5.32 Å². The highest BCUT2D eigenvalue weighted by Gasteiger charge is 2.25. The van der Waals surface area contributed by atoms with Gasteiger partial charge >= 0.3 is 0 Å². The first-order valence-corrected chi connectivity index (χ1v) is 6.77. The summed E-state index contributed by atoms with van der Waals surface area (Å²) >= 11 is 0. The predicted octanol–water partition coefficient (Wildman–Crippen LogP) is 1.49. The van der Waals surface area contributed by atoms with Gasteiger partial charge in [0, 0.05) is 39.3 Å². The number of hydrogen-bond acceptors (Lipinski definition) is 3. The van der Waals surface area contributed by atoms with E-state index in [0.29, 0.717) is 12.1 Å². The summed E-state index contributed by atoms with van der Waals surface area (Å²) in [6.07, 6.45) is 5.78. The summed E-state index contributed by atoms with van der Waals surface area (Å²) in [7, 11) is 1.85. The highest BCUT2D eigenvalue weighted by molar-refractivity contribution is 4.81. The molecule has 0 aromatic heterocycles. The number of methoxy groups -OCH3 is 1. The van der Waals surface area contributed by atoms with Gasteiger partial charge in [-0.05, 0) is 38.5 Å². The van der Waals surface area contributed by atoms with Crippen molar-refractivity contribution in [3.05, 3.63) is 0 Å². The fourth-order valence-corrected chi connectivity index (χ4v) is 3.04. The van der Waals surface area contributed by atoms with Crippen LogP contribution in [0.15, 0.2) is 0 Å². The average molecular weight is 226 g/mol. The lowest BCUT2D eigenvalue weighted by molar-refractivity contribution is 0.0441. The van der Waals surface area contributed by atoms with Crippen molar-refractivity contribution < 1.29 is 4.74 Å². The average Bonchev–Trinajstić information content (AvgIpc) is 2.33. The normalized spacial score (nSPS) is 37.5. The van der Waals surface area contributed by atoms with E-state index in [0.717, 1.165) is 19.0 Å². The molecule has 1 N–H and O–H groups in total. The minimum atomic E-state index is 0.539. The number of nitrogens with one attached hydrogen (secondary N) is 1. The van der Waals surface area contributed by atoms with Gasteiger partial charge in [-0.15, -0.1) is 0 Å². The van der Waals surface area contributed by atoms with E-state index in [4.69, 9.17) is 4.74 Å². The molecule has 0 bridgehead atoms. The highest BCUT2D eigenvalue weighted by atomic mass is 16.5. The molecule has 1 aliphatic heterocycles. The number of nitrogens with zero attached hydrogens (tertiary/aromatic N) is 1. The first-order chi connectivity index (χ1) is 7.79. The van der Waals surface area contributed by atoms with Crippen molar-refractivity contribution in [2.45, 2.75) is 44.8 Å². The molecule has 0 aromatic carbocycles. The number of hydrogen-bond donors (Lipinski definition) is 1. The second kappa shape index (κ2) is 5.99. The molecule has 94 valence electrons. The van der Waals surface area contributed by atoms with Gasteiger partial charge in [0.1, 0.15) is 0 Å². The Morgan fingerprint density at radius 2 is 2.00 bits per heavy atom. The van der Waals surface area contributed by atoms with E-state index in [1.54, 1.807) is 0 Å². The molecule has 3 nitrogen and oxygen atoms in total. The molecule has 0 radical (unpaired) electrons. The number of ether oxygens (including phenoxy) is 1. The van der Waals surface area contributed by atoms with Crippen LogP contribution in [0.25, 0.3) is 0 Å². The van der Waals surface area contributed by atoms with Gasteiger partial charge in [-0.1, -0.05) is 0 Å². The molecule has 1 saturated heterocycles. The van der Waals surface area contributed by atoms with Gasteiger partial charge in [0.05, 0.1) is 6.10 Å². The molecular weight excluding hydrogens is 200 g/mol. The summed E-state index contributed by atoms with van der Waals surface area (Å²) in [4.78, 5) is 2.66.